The SMILES string of the molecule is CCC[C@@H](C)[C@H]1CC[C@H]2[C@@H]3[C@H](O)C(C(=O)O)C4C[C@H](O)CC[C@]4(C)[C@H]3CC[C@]12C. The van der Waals surface area contributed by atoms with E-state index in [1.54, 1.807) is 0 Å². The van der Waals surface area contributed by atoms with Crippen molar-refractivity contribution in [1.82, 2.24) is 0 Å². The fraction of sp³-hybridized carbons (Fsp3) is 0.960. The quantitative estimate of drug-likeness (QED) is 0.631. The summed E-state index contributed by atoms with van der Waals surface area (Å²) in [5.74, 6) is 0.632. The first-order chi connectivity index (χ1) is 13.6. The number of aliphatic carboxylic acids is 1. The van der Waals surface area contributed by atoms with E-state index in [0.29, 0.717) is 30.1 Å². The molecule has 4 aliphatic carbocycles. The molecule has 0 spiro atoms. The molecule has 0 bridgehead atoms. The maximum absolute atomic E-state index is 12.3. The molecule has 4 aliphatic rings. The van der Waals surface area contributed by atoms with Crippen LogP contribution in [0.1, 0.15) is 85.5 Å². The van der Waals surface area contributed by atoms with Gasteiger partial charge in [-0.3, -0.25) is 4.79 Å². The molecule has 4 fully saturated rings. The van der Waals surface area contributed by atoms with Crippen LogP contribution in [0.15, 0.2) is 0 Å². The highest BCUT2D eigenvalue weighted by Crippen LogP contribution is 2.69. The van der Waals surface area contributed by atoms with Gasteiger partial charge in [0.25, 0.3) is 0 Å². The summed E-state index contributed by atoms with van der Waals surface area (Å²) in [5.41, 5.74) is 0.164. The number of rotatable bonds is 4. The Hall–Kier alpha value is -0.610. The van der Waals surface area contributed by atoms with E-state index in [0.717, 1.165) is 25.7 Å². The Labute approximate surface area is 176 Å². The zero-order valence-corrected chi connectivity index (χ0v) is 18.8. The molecule has 4 rings (SSSR count). The number of carbonyl (C=O) groups is 1. The van der Waals surface area contributed by atoms with Crippen LogP contribution in [-0.4, -0.2) is 33.5 Å². The fourth-order valence-electron chi connectivity index (χ4n) is 9.23. The van der Waals surface area contributed by atoms with Crippen molar-refractivity contribution >= 4 is 5.97 Å². The summed E-state index contributed by atoms with van der Waals surface area (Å²) in [6, 6.07) is 0. The second kappa shape index (κ2) is 7.51. The highest BCUT2D eigenvalue weighted by Gasteiger charge is 2.66. The van der Waals surface area contributed by atoms with Crippen LogP contribution in [0.3, 0.4) is 0 Å². The van der Waals surface area contributed by atoms with Gasteiger partial charge in [0.05, 0.1) is 18.1 Å². The van der Waals surface area contributed by atoms with Crippen LogP contribution in [0.5, 0.6) is 0 Å². The van der Waals surface area contributed by atoms with Gasteiger partial charge in [-0.15, -0.1) is 0 Å². The lowest BCUT2D eigenvalue weighted by Crippen LogP contribution is -2.63. The van der Waals surface area contributed by atoms with Gasteiger partial charge in [-0.2, -0.15) is 0 Å². The highest BCUT2D eigenvalue weighted by molar-refractivity contribution is 5.71. The van der Waals surface area contributed by atoms with Gasteiger partial charge < -0.3 is 15.3 Å². The molecule has 0 radical (unpaired) electrons. The first-order valence-electron chi connectivity index (χ1n) is 12.2. The highest BCUT2D eigenvalue weighted by atomic mass is 16.4. The largest absolute Gasteiger partial charge is 0.481 e. The van der Waals surface area contributed by atoms with Crippen LogP contribution in [-0.2, 0) is 4.79 Å². The Kier molecular flexibility index (Phi) is 5.60. The average molecular weight is 407 g/mol. The van der Waals surface area contributed by atoms with Gasteiger partial charge in [0, 0.05) is 0 Å². The molecule has 0 amide bonds. The molecule has 2 unspecified atom stereocenters. The minimum atomic E-state index is -0.859. The molecule has 4 saturated carbocycles. The fourth-order valence-corrected chi connectivity index (χ4v) is 9.23. The molecule has 4 heteroatoms. The molecule has 11 atom stereocenters. The van der Waals surface area contributed by atoms with Crippen LogP contribution in [0.25, 0.3) is 0 Å². The minimum Gasteiger partial charge on any atom is -0.481 e. The van der Waals surface area contributed by atoms with Crippen LogP contribution < -0.4 is 0 Å². The van der Waals surface area contributed by atoms with Crippen molar-refractivity contribution in [2.45, 2.75) is 97.7 Å². The lowest BCUT2D eigenvalue weighted by molar-refractivity contribution is -0.211. The van der Waals surface area contributed by atoms with Gasteiger partial charge in [-0.1, -0.05) is 40.5 Å². The Balaban J connectivity index is 1.70. The third kappa shape index (κ3) is 3.11. The van der Waals surface area contributed by atoms with E-state index in [9.17, 15) is 20.1 Å². The van der Waals surface area contributed by atoms with E-state index in [1.165, 1.54) is 25.7 Å². The Morgan fingerprint density at radius 1 is 1.00 bits per heavy atom. The third-order valence-corrected chi connectivity index (χ3v) is 10.6. The van der Waals surface area contributed by atoms with Gasteiger partial charge >= 0.3 is 5.97 Å². The van der Waals surface area contributed by atoms with Crippen LogP contribution in [0.2, 0.25) is 0 Å². The lowest BCUT2D eigenvalue weighted by Gasteiger charge is -2.64. The molecule has 0 saturated heterocycles. The topological polar surface area (TPSA) is 77.8 Å². The van der Waals surface area contributed by atoms with E-state index in [-0.39, 0.29) is 22.7 Å². The second-order valence-electron chi connectivity index (χ2n) is 11.7. The number of aliphatic hydroxyl groups excluding tert-OH is 2. The van der Waals surface area contributed by atoms with Gasteiger partial charge in [0.2, 0.25) is 0 Å². The standard InChI is InChI=1S/C25H42O4/c1-5-6-14(2)16-7-8-17-20-18(10-12-24(16,17)3)25(4)11-9-15(26)13-19(25)21(22(20)27)23(28)29/h14-22,26-27H,5-13H2,1-4H3,(H,28,29)/t14-,15-,16-,17+,18+,19?,20+,21?,22+,24-,25-/m1/s1. The number of aliphatic hydroxyl groups is 2. The van der Waals surface area contributed by atoms with Crippen molar-refractivity contribution in [1.29, 1.82) is 0 Å². The van der Waals surface area contributed by atoms with Crippen LogP contribution in [0, 0.1) is 52.3 Å². The minimum absolute atomic E-state index is 0.0688. The van der Waals surface area contributed by atoms with E-state index >= 15 is 0 Å². The van der Waals surface area contributed by atoms with Gasteiger partial charge in [0.1, 0.15) is 0 Å². The number of hydrogen-bond donors (Lipinski definition) is 3. The normalized spacial score (nSPS) is 52.9. The molecule has 29 heavy (non-hydrogen) atoms. The summed E-state index contributed by atoms with van der Waals surface area (Å²) in [6.45, 7) is 9.42. The molecule has 4 nitrogen and oxygen atoms in total. The first kappa shape index (κ1) is 21.6. The molecular formula is C25H42O4. The lowest BCUT2D eigenvalue weighted by atomic mass is 9.41. The zero-order chi connectivity index (χ0) is 21.1. The van der Waals surface area contributed by atoms with E-state index < -0.39 is 24.1 Å². The van der Waals surface area contributed by atoms with Gasteiger partial charge in [-0.05, 0) is 91.3 Å². The monoisotopic (exact) mass is 406 g/mol. The predicted octanol–water partition coefficient (Wildman–Crippen LogP) is 4.72. The van der Waals surface area contributed by atoms with E-state index in [2.05, 4.69) is 27.7 Å². The van der Waals surface area contributed by atoms with Crippen molar-refractivity contribution in [2.24, 2.45) is 52.3 Å². The Morgan fingerprint density at radius 2 is 1.66 bits per heavy atom. The molecule has 166 valence electrons. The number of carboxylic acid groups (broad SMARTS) is 1. The van der Waals surface area contributed by atoms with Gasteiger partial charge in [-0.25, -0.2) is 0 Å². The summed E-state index contributed by atoms with van der Waals surface area (Å²) in [7, 11) is 0. The molecule has 0 aromatic heterocycles. The summed E-state index contributed by atoms with van der Waals surface area (Å²) in [6.07, 6.45) is 8.20. The zero-order valence-electron chi connectivity index (χ0n) is 18.8. The number of hydrogen-bond acceptors (Lipinski definition) is 3. The molecule has 0 heterocycles. The Morgan fingerprint density at radius 3 is 2.31 bits per heavy atom. The first-order valence-corrected chi connectivity index (χ1v) is 12.2. The maximum atomic E-state index is 12.3. The second-order valence-corrected chi connectivity index (χ2v) is 11.7. The van der Waals surface area contributed by atoms with Crippen LogP contribution >= 0.6 is 0 Å². The van der Waals surface area contributed by atoms with Crippen molar-refractivity contribution in [2.75, 3.05) is 0 Å². The summed E-state index contributed by atoms with van der Waals surface area (Å²) < 4.78 is 0. The van der Waals surface area contributed by atoms with Gasteiger partial charge in [0.15, 0.2) is 0 Å². The number of fused-ring (bicyclic) bond motifs is 5. The summed E-state index contributed by atoms with van der Waals surface area (Å²) in [4.78, 5) is 12.3. The molecule has 0 aromatic rings. The van der Waals surface area contributed by atoms with E-state index in [1.807, 2.05) is 0 Å². The number of carboxylic acids is 1. The molecule has 0 aliphatic heterocycles. The molecular weight excluding hydrogens is 364 g/mol. The molecule has 3 N–H and O–H groups in total. The average Bonchev–Trinajstić information content (AvgIpc) is 3.00. The van der Waals surface area contributed by atoms with Crippen molar-refractivity contribution in [3.8, 4) is 0 Å². The predicted molar refractivity (Wildman–Crippen MR) is 113 cm³/mol. The van der Waals surface area contributed by atoms with Crippen molar-refractivity contribution < 1.29 is 20.1 Å². The van der Waals surface area contributed by atoms with Crippen LogP contribution in [0.4, 0.5) is 0 Å². The Bertz CT molecular complexity index is 634. The maximum Gasteiger partial charge on any atom is 0.309 e. The molecule has 0 aromatic carbocycles. The third-order valence-electron chi connectivity index (χ3n) is 10.6. The van der Waals surface area contributed by atoms with E-state index in [4.69, 9.17) is 0 Å². The van der Waals surface area contributed by atoms with Crippen molar-refractivity contribution in [3.63, 3.8) is 0 Å². The van der Waals surface area contributed by atoms with Crippen molar-refractivity contribution in [3.05, 3.63) is 0 Å². The smallest absolute Gasteiger partial charge is 0.309 e. The summed E-state index contributed by atoms with van der Waals surface area (Å²) in [5, 5.41) is 31.9. The summed E-state index contributed by atoms with van der Waals surface area (Å²) >= 11 is 0.